The van der Waals surface area contributed by atoms with Crippen LogP contribution in [0.25, 0.3) is 0 Å². The predicted octanol–water partition coefficient (Wildman–Crippen LogP) is 2.42. The number of aromatic nitrogens is 2. The molecule has 0 bridgehead atoms. The Kier molecular flexibility index (Phi) is 5.04. The van der Waals surface area contributed by atoms with E-state index in [1.54, 1.807) is 11.3 Å². The van der Waals surface area contributed by atoms with Gasteiger partial charge in [-0.2, -0.15) is 0 Å². The highest BCUT2D eigenvalue weighted by molar-refractivity contribution is 7.09. The molecule has 2 atom stereocenters. The van der Waals surface area contributed by atoms with Crippen molar-refractivity contribution in [2.45, 2.75) is 45.6 Å². The fourth-order valence-corrected chi connectivity index (χ4v) is 2.44. The fraction of sp³-hybridized carbons (Fsp3) is 0.800. The highest BCUT2D eigenvalue weighted by atomic mass is 32.1. The van der Waals surface area contributed by atoms with Crippen LogP contribution in [0.3, 0.4) is 0 Å². The Morgan fingerprint density at radius 2 is 2.29 bits per heavy atom. The van der Waals surface area contributed by atoms with Crippen LogP contribution in [0.1, 0.15) is 44.5 Å². The smallest absolute Gasteiger partial charge is 0.121 e. The molecule has 1 aromatic heterocycles. The van der Waals surface area contributed by atoms with E-state index in [1.807, 2.05) is 5.51 Å². The zero-order chi connectivity index (χ0) is 10.4. The van der Waals surface area contributed by atoms with E-state index >= 15 is 0 Å². The second kappa shape index (κ2) is 6.09. The lowest BCUT2D eigenvalue weighted by atomic mass is 9.99. The molecule has 0 aliphatic rings. The summed E-state index contributed by atoms with van der Waals surface area (Å²) in [6, 6.07) is 0.493. The maximum atomic E-state index is 4.15. The van der Waals surface area contributed by atoms with Crippen LogP contribution in [0.4, 0.5) is 0 Å². The van der Waals surface area contributed by atoms with Gasteiger partial charge in [0.05, 0.1) is 0 Å². The van der Waals surface area contributed by atoms with Crippen molar-refractivity contribution in [1.82, 2.24) is 15.5 Å². The number of hydrogen-bond donors (Lipinski definition) is 1. The molecular weight excluding hydrogens is 194 g/mol. The Hall–Kier alpha value is -0.480. The standard InChI is InChI=1S/C10H19N3S/c1-4-6-11-8(3)9(5-2)10-13-12-7-14-10/h7-9,11H,4-6H2,1-3H3. The highest BCUT2D eigenvalue weighted by Crippen LogP contribution is 2.24. The summed E-state index contributed by atoms with van der Waals surface area (Å²) in [6.07, 6.45) is 2.30. The van der Waals surface area contributed by atoms with E-state index in [-0.39, 0.29) is 0 Å². The van der Waals surface area contributed by atoms with E-state index in [0.717, 1.165) is 18.0 Å². The summed E-state index contributed by atoms with van der Waals surface area (Å²) in [6.45, 7) is 7.70. The molecule has 0 aromatic carbocycles. The number of nitrogens with one attached hydrogen (secondary N) is 1. The number of hydrogen-bond acceptors (Lipinski definition) is 4. The molecule has 0 fully saturated rings. The first-order chi connectivity index (χ1) is 6.79. The van der Waals surface area contributed by atoms with E-state index in [2.05, 4.69) is 36.3 Å². The summed E-state index contributed by atoms with van der Waals surface area (Å²) in [5.74, 6) is 0.508. The highest BCUT2D eigenvalue weighted by Gasteiger charge is 2.19. The SMILES string of the molecule is CCCNC(C)C(CC)c1nncs1. The van der Waals surface area contributed by atoms with Gasteiger partial charge in [0, 0.05) is 12.0 Å². The summed E-state index contributed by atoms with van der Waals surface area (Å²) in [4.78, 5) is 0. The maximum Gasteiger partial charge on any atom is 0.121 e. The Bertz CT molecular complexity index is 236. The minimum Gasteiger partial charge on any atom is -0.314 e. The Morgan fingerprint density at radius 1 is 1.50 bits per heavy atom. The molecule has 0 amide bonds. The minimum atomic E-state index is 0.493. The summed E-state index contributed by atoms with van der Waals surface area (Å²) in [7, 11) is 0. The van der Waals surface area contributed by atoms with Crippen molar-refractivity contribution in [3.8, 4) is 0 Å². The van der Waals surface area contributed by atoms with Crippen LogP contribution in [0.5, 0.6) is 0 Å². The van der Waals surface area contributed by atoms with Gasteiger partial charge in [0.1, 0.15) is 10.5 Å². The lowest BCUT2D eigenvalue weighted by molar-refractivity contribution is 0.447. The molecule has 3 nitrogen and oxygen atoms in total. The van der Waals surface area contributed by atoms with E-state index in [4.69, 9.17) is 0 Å². The largest absolute Gasteiger partial charge is 0.314 e. The van der Waals surface area contributed by atoms with Gasteiger partial charge in [-0.25, -0.2) is 0 Å². The van der Waals surface area contributed by atoms with E-state index in [1.165, 1.54) is 6.42 Å². The molecular formula is C10H19N3S. The monoisotopic (exact) mass is 213 g/mol. The van der Waals surface area contributed by atoms with Gasteiger partial charge in [0.25, 0.3) is 0 Å². The zero-order valence-corrected chi connectivity index (χ0v) is 9.97. The van der Waals surface area contributed by atoms with Gasteiger partial charge in [0.2, 0.25) is 0 Å². The molecule has 0 saturated carbocycles. The van der Waals surface area contributed by atoms with Crippen molar-refractivity contribution in [2.24, 2.45) is 0 Å². The first kappa shape index (κ1) is 11.6. The first-order valence-corrected chi connectivity index (χ1v) is 6.17. The normalized spacial score (nSPS) is 15.4. The van der Waals surface area contributed by atoms with Crippen LogP contribution < -0.4 is 5.32 Å². The topological polar surface area (TPSA) is 37.8 Å². The Labute approximate surface area is 89.9 Å². The Balaban J connectivity index is 2.53. The third-order valence-corrected chi connectivity index (χ3v) is 3.28. The average molecular weight is 213 g/mol. The molecule has 0 aliphatic heterocycles. The minimum absolute atomic E-state index is 0.493. The second-order valence-corrected chi connectivity index (χ2v) is 4.40. The molecule has 1 heterocycles. The van der Waals surface area contributed by atoms with Gasteiger partial charge < -0.3 is 5.32 Å². The van der Waals surface area contributed by atoms with Crippen molar-refractivity contribution in [1.29, 1.82) is 0 Å². The van der Waals surface area contributed by atoms with Crippen LogP contribution in [0.15, 0.2) is 5.51 Å². The Morgan fingerprint density at radius 3 is 2.79 bits per heavy atom. The van der Waals surface area contributed by atoms with Crippen LogP contribution in [0, 0.1) is 0 Å². The van der Waals surface area contributed by atoms with Gasteiger partial charge in [0.15, 0.2) is 0 Å². The molecule has 1 aromatic rings. The average Bonchev–Trinajstić information content (AvgIpc) is 2.69. The van der Waals surface area contributed by atoms with E-state index < -0.39 is 0 Å². The molecule has 4 heteroatoms. The first-order valence-electron chi connectivity index (χ1n) is 5.29. The van der Waals surface area contributed by atoms with Gasteiger partial charge in [-0.1, -0.05) is 13.8 Å². The summed E-state index contributed by atoms with van der Waals surface area (Å²) >= 11 is 1.66. The van der Waals surface area contributed by atoms with E-state index in [9.17, 15) is 0 Å². The molecule has 0 saturated heterocycles. The molecule has 1 N–H and O–H groups in total. The summed E-state index contributed by atoms with van der Waals surface area (Å²) < 4.78 is 0. The summed E-state index contributed by atoms with van der Waals surface area (Å²) in [5.41, 5.74) is 1.81. The van der Waals surface area contributed by atoms with Gasteiger partial charge >= 0.3 is 0 Å². The second-order valence-electron chi connectivity index (χ2n) is 3.53. The number of nitrogens with zero attached hydrogens (tertiary/aromatic N) is 2. The van der Waals surface area contributed by atoms with Crippen LogP contribution in [0.2, 0.25) is 0 Å². The van der Waals surface area contributed by atoms with Crippen molar-refractivity contribution < 1.29 is 0 Å². The number of rotatable bonds is 6. The zero-order valence-electron chi connectivity index (χ0n) is 9.16. The van der Waals surface area contributed by atoms with Gasteiger partial charge in [-0.05, 0) is 26.3 Å². The molecule has 0 aliphatic carbocycles. The van der Waals surface area contributed by atoms with Crippen LogP contribution >= 0.6 is 11.3 Å². The lowest BCUT2D eigenvalue weighted by Crippen LogP contribution is -2.32. The molecule has 1 rings (SSSR count). The molecule has 80 valence electrons. The summed E-state index contributed by atoms with van der Waals surface area (Å²) in [5, 5.41) is 12.7. The van der Waals surface area contributed by atoms with Crippen molar-refractivity contribution >= 4 is 11.3 Å². The fourth-order valence-electron chi connectivity index (χ4n) is 1.60. The molecule has 0 spiro atoms. The molecule has 0 radical (unpaired) electrons. The van der Waals surface area contributed by atoms with Crippen molar-refractivity contribution in [3.63, 3.8) is 0 Å². The lowest BCUT2D eigenvalue weighted by Gasteiger charge is -2.21. The molecule has 2 unspecified atom stereocenters. The third-order valence-electron chi connectivity index (χ3n) is 2.45. The van der Waals surface area contributed by atoms with Crippen LogP contribution in [-0.2, 0) is 0 Å². The van der Waals surface area contributed by atoms with Crippen molar-refractivity contribution in [3.05, 3.63) is 10.5 Å². The molecule has 14 heavy (non-hydrogen) atoms. The third kappa shape index (κ3) is 3.03. The van der Waals surface area contributed by atoms with E-state index in [0.29, 0.717) is 12.0 Å². The maximum absolute atomic E-state index is 4.15. The predicted molar refractivity (Wildman–Crippen MR) is 60.7 cm³/mol. The van der Waals surface area contributed by atoms with Gasteiger partial charge in [-0.15, -0.1) is 21.5 Å². The van der Waals surface area contributed by atoms with Gasteiger partial charge in [-0.3, -0.25) is 0 Å². The quantitative estimate of drug-likeness (QED) is 0.788. The van der Waals surface area contributed by atoms with Crippen molar-refractivity contribution in [2.75, 3.05) is 6.54 Å². The van der Waals surface area contributed by atoms with Crippen LogP contribution in [-0.4, -0.2) is 22.8 Å².